The molecule has 0 bridgehead atoms. The number of nitrogens with one attached hydrogen (secondary N) is 1. The summed E-state index contributed by atoms with van der Waals surface area (Å²) in [7, 11) is 0.354. The molecule has 0 aliphatic heterocycles. The maximum absolute atomic E-state index is 12.1. The van der Waals surface area contributed by atoms with Crippen molar-refractivity contribution in [2.45, 2.75) is 23.6 Å². The molecule has 104 valence electrons. The fourth-order valence-corrected chi connectivity index (χ4v) is 4.25. The Morgan fingerprint density at radius 1 is 1.44 bits per heavy atom. The smallest absolute Gasteiger partial charge is 0.250 e. The molecule has 1 aromatic rings. The third-order valence-electron chi connectivity index (χ3n) is 2.26. The first kappa shape index (κ1) is 15.6. The van der Waals surface area contributed by atoms with E-state index >= 15 is 0 Å². The Bertz CT molecular complexity index is 468. The second-order valence-electron chi connectivity index (χ2n) is 4.48. The van der Waals surface area contributed by atoms with E-state index in [0.717, 1.165) is 4.88 Å². The van der Waals surface area contributed by atoms with E-state index in [9.17, 15) is 8.42 Å². The maximum Gasteiger partial charge on any atom is 0.250 e. The van der Waals surface area contributed by atoms with Gasteiger partial charge in [0.25, 0.3) is 0 Å². The van der Waals surface area contributed by atoms with Gasteiger partial charge in [-0.1, -0.05) is 0 Å². The number of rotatable bonds is 7. The molecule has 0 amide bonds. The van der Waals surface area contributed by atoms with Gasteiger partial charge < -0.3 is 10.0 Å². The number of hydrogen-bond acceptors (Lipinski definition) is 5. The van der Waals surface area contributed by atoms with E-state index < -0.39 is 10.0 Å². The molecular weight excluding hydrogens is 272 g/mol. The van der Waals surface area contributed by atoms with Crippen LogP contribution >= 0.6 is 11.3 Å². The maximum atomic E-state index is 12.1. The first-order valence-corrected chi connectivity index (χ1v) is 8.01. The molecule has 0 saturated heterocycles. The van der Waals surface area contributed by atoms with Crippen molar-refractivity contribution in [2.24, 2.45) is 0 Å². The molecular formula is C11H20N2O3S2. The standard InChI is InChI=1S/C11H20N2O3S2/c1-9(8-13(2)3)12-18(15,16)11-5-4-10(17-11)6-7-14/h4-5,9,12,14H,6-8H2,1-3H3. The van der Waals surface area contributed by atoms with Crippen molar-refractivity contribution in [3.8, 4) is 0 Å². The number of thiophene rings is 1. The highest BCUT2D eigenvalue weighted by Crippen LogP contribution is 2.21. The topological polar surface area (TPSA) is 69.6 Å². The number of sulfonamides is 1. The third-order valence-corrected chi connectivity index (χ3v) is 5.48. The Morgan fingerprint density at radius 3 is 2.67 bits per heavy atom. The van der Waals surface area contributed by atoms with Gasteiger partial charge in [-0.05, 0) is 33.2 Å². The molecule has 0 fully saturated rings. The second-order valence-corrected chi connectivity index (χ2v) is 7.59. The Balaban J connectivity index is 2.73. The molecule has 7 heteroatoms. The largest absolute Gasteiger partial charge is 0.396 e. The number of hydrogen-bond donors (Lipinski definition) is 2. The normalized spacial score (nSPS) is 14.1. The molecule has 1 atom stereocenters. The zero-order chi connectivity index (χ0) is 13.8. The lowest BCUT2D eigenvalue weighted by Gasteiger charge is -2.17. The van der Waals surface area contributed by atoms with Gasteiger partial charge in [-0.25, -0.2) is 13.1 Å². The zero-order valence-electron chi connectivity index (χ0n) is 10.9. The van der Waals surface area contributed by atoms with Crippen LogP contribution in [0.1, 0.15) is 11.8 Å². The van der Waals surface area contributed by atoms with Gasteiger partial charge in [-0.15, -0.1) is 11.3 Å². The molecule has 1 aromatic heterocycles. The minimum Gasteiger partial charge on any atom is -0.396 e. The number of likely N-dealkylation sites (N-methyl/N-ethyl adjacent to an activating group) is 1. The van der Waals surface area contributed by atoms with Crippen LogP contribution in [0.3, 0.4) is 0 Å². The lowest BCUT2D eigenvalue weighted by Crippen LogP contribution is -2.39. The van der Waals surface area contributed by atoms with Crippen molar-refractivity contribution in [1.82, 2.24) is 9.62 Å². The Hall–Kier alpha value is -0.470. The molecule has 0 spiro atoms. The van der Waals surface area contributed by atoms with Crippen LogP contribution in [0.15, 0.2) is 16.3 Å². The highest BCUT2D eigenvalue weighted by molar-refractivity contribution is 7.91. The summed E-state index contributed by atoms with van der Waals surface area (Å²) in [4.78, 5) is 2.80. The van der Waals surface area contributed by atoms with E-state index in [0.29, 0.717) is 17.2 Å². The molecule has 0 aromatic carbocycles. The molecule has 1 unspecified atom stereocenters. The molecule has 0 aliphatic rings. The van der Waals surface area contributed by atoms with Crippen LogP contribution in [0.25, 0.3) is 0 Å². The minimum atomic E-state index is -3.44. The number of aliphatic hydroxyl groups excluding tert-OH is 1. The quantitative estimate of drug-likeness (QED) is 0.768. The molecule has 0 saturated carbocycles. The summed E-state index contributed by atoms with van der Waals surface area (Å²) < 4.78 is 27.1. The van der Waals surface area contributed by atoms with E-state index in [4.69, 9.17) is 5.11 Å². The third kappa shape index (κ3) is 4.66. The summed E-state index contributed by atoms with van der Waals surface area (Å²) in [6, 6.07) is 3.18. The Morgan fingerprint density at radius 2 is 2.11 bits per heavy atom. The van der Waals surface area contributed by atoms with Gasteiger partial charge in [0.1, 0.15) is 4.21 Å². The van der Waals surface area contributed by atoms with Gasteiger partial charge in [0.15, 0.2) is 0 Å². The summed E-state index contributed by atoms with van der Waals surface area (Å²) in [5.41, 5.74) is 0. The van der Waals surface area contributed by atoms with Crippen molar-refractivity contribution in [3.05, 3.63) is 17.0 Å². The molecule has 1 heterocycles. The van der Waals surface area contributed by atoms with Crippen LogP contribution in [-0.2, 0) is 16.4 Å². The van der Waals surface area contributed by atoms with Crippen LogP contribution < -0.4 is 4.72 Å². The van der Waals surface area contributed by atoms with Crippen LogP contribution in [0.5, 0.6) is 0 Å². The second kappa shape index (κ2) is 6.63. The Labute approximate surface area is 112 Å². The van der Waals surface area contributed by atoms with Crippen molar-refractivity contribution in [3.63, 3.8) is 0 Å². The van der Waals surface area contributed by atoms with Crippen molar-refractivity contribution < 1.29 is 13.5 Å². The Kier molecular flexibility index (Phi) is 5.74. The molecule has 0 radical (unpaired) electrons. The minimum absolute atomic E-state index is 0.0322. The van der Waals surface area contributed by atoms with Gasteiger partial charge in [0.05, 0.1) is 0 Å². The fourth-order valence-electron chi connectivity index (χ4n) is 1.66. The highest BCUT2D eigenvalue weighted by atomic mass is 32.2. The first-order valence-electron chi connectivity index (χ1n) is 5.72. The van der Waals surface area contributed by atoms with Gasteiger partial charge in [0.2, 0.25) is 10.0 Å². The summed E-state index contributed by atoms with van der Waals surface area (Å²) in [6.07, 6.45) is 0.493. The summed E-state index contributed by atoms with van der Waals surface area (Å²) in [5, 5.41) is 8.81. The predicted molar refractivity (Wildman–Crippen MR) is 73.4 cm³/mol. The van der Waals surface area contributed by atoms with Crippen molar-refractivity contribution in [2.75, 3.05) is 27.2 Å². The number of aliphatic hydroxyl groups is 1. The fraction of sp³-hybridized carbons (Fsp3) is 0.636. The van der Waals surface area contributed by atoms with E-state index in [1.165, 1.54) is 11.3 Å². The van der Waals surface area contributed by atoms with Gasteiger partial charge in [-0.2, -0.15) is 0 Å². The lowest BCUT2D eigenvalue weighted by molar-refractivity contribution is 0.300. The zero-order valence-corrected chi connectivity index (χ0v) is 12.5. The van der Waals surface area contributed by atoms with E-state index in [1.54, 1.807) is 12.1 Å². The van der Waals surface area contributed by atoms with E-state index in [-0.39, 0.29) is 12.6 Å². The lowest BCUT2D eigenvalue weighted by atomic mass is 10.3. The summed E-state index contributed by atoms with van der Waals surface area (Å²) >= 11 is 1.20. The first-order chi connectivity index (χ1) is 8.35. The molecule has 18 heavy (non-hydrogen) atoms. The van der Waals surface area contributed by atoms with Crippen LogP contribution in [0.4, 0.5) is 0 Å². The SMILES string of the molecule is CC(CN(C)C)NS(=O)(=O)c1ccc(CCO)s1. The van der Waals surface area contributed by atoms with E-state index in [2.05, 4.69) is 4.72 Å². The molecule has 2 N–H and O–H groups in total. The van der Waals surface area contributed by atoms with Crippen LogP contribution in [0.2, 0.25) is 0 Å². The summed E-state index contributed by atoms with van der Waals surface area (Å²) in [6.45, 7) is 2.51. The predicted octanol–water partition coefficient (Wildman–Crippen LogP) is 0.511. The van der Waals surface area contributed by atoms with Gasteiger partial charge in [-0.3, -0.25) is 0 Å². The van der Waals surface area contributed by atoms with Crippen LogP contribution in [-0.4, -0.2) is 51.7 Å². The summed E-state index contributed by atoms with van der Waals surface area (Å²) in [5.74, 6) is 0. The average molecular weight is 292 g/mol. The average Bonchev–Trinajstić information content (AvgIpc) is 2.65. The van der Waals surface area contributed by atoms with Crippen molar-refractivity contribution in [1.29, 1.82) is 0 Å². The molecule has 0 aliphatic carbocycles. The number of nitrogens with zero attached hydrogens (tertiary/aromatic N) is 1. The van der Waals surface area contributed by atoms with Crippen LogP contribution in [0, 0.1) is 0 Å². The van der Waals surface area contributed by atoms with Gasteiger partial charge >= 0.3 is 0 Å². The molecule has 5 nitrogen and oxygen atoms in total. The molecule has 1 rings (SSSR count). The monoisotopic (exact) mass is 292 g/mol. The van der Waals surface area contributed by atoms with Gasteiger partial charge in [0, 0.05) is 30.5 Å². The van der Waals surface area contributed by atoms with Crippen molar-refractivity contribution >= 4 is 21.4 Å². The van der Waals surface area contributed by atoms with E-state index in [1.807, 2.05) is 25.9 Å². The highest BCUT2D eigenvalue weighted by Gasteiger charge is 2.19.